The zero-order valence-electron chi connectivity index (χ0n) is 10.8. The van der Waals surface area contributed by atoms with Gasteiger partial charge in [-0.1, -0.05) is 12.8 Å². The van der Waals surface area contributed by atoms with E-state index in [0.29, 0.717) is 12.1 Å². The van der Waals surface area contributed by atoms with Crippen molar-refractivity contribution in [1.82, 2.24) is 0 Å². The highest BCUT2D eigenvalue weighted by Gasteiger charge is 2.36. The van der Waals surface area contributed by atoms with Crippen LogP contribution in [0, 0.1) is 5.21 Å². The first-order valence-electron chi connectivity index (χ1n) is 7.36. The molecule has 2 aliphatic rings. The summed E-state index contributed by atoms with van der Waals surface area (Å²) in [5, 5.41) is 13.1. The van der Waals surface area contributed by atoms with E-state index in [4.69, 9.17) is 0 Å². The molecule has 0 N–H and O–H groups in total. The normalized spacial score (nSPS) is 25.9. The van der Waals surface area contributed by atoms with Crippen LogP contribution in [0.4, 0.5) is 0 Å². The predicted octanol–water partition coefficient (Wildman–Crippen LogP) is 3.99. The van der Waals surface area contributed by atoms with Crippen LogP contribution in [0.5, 0.6) is 0 Å². The molecule has 16 heavy (non-hydrogen) atoms. The van der Waals surface area contributed by atoms with E-state index >= 15 is 0 Å². The van der Waals surface area contributed by atoms with E-state index in [1.54, 1.807) is 0 Å². The maximum absolute atomic E-state index is 13.1. The van der Waals surface area contributed by atoms with Gasteiger partial charge >= 0.3 is 0 Å². The first kappa shape index (κ1) is 12.4. The van der Waals surface area contributed by atoms with Crippen molar-refractivity contribution in [3.63, 3.8) is 0 Å². The van der Waals surface area contributed by atoms with Crippen LogP contribution in [0.3, 0.4) is 0 Å². The third-order valence-corrected chi connectivity index (χ3v) is 4.88. The molecular formula is C14H27NO. The lowest BCUT2D eigenvalue weighted by atomic mass is 9.88. The topological polar surface area (TPSA) is 23.1 Å². The van der Waals surface area contributed by atoms with Gasteiger partial charge in [-0.05, 0) is 58.3 Å². The molecule has 0 spiro atoms. The van der Waals surface area contributed by atoms with Gasteiger partial charge in [0.15, 0.2) is 0 Å². The van der Waals surface area contributed by atoms with Gasteiger partial charge in [0, 0.05) is 0 Å². The molecule has 2 nitrogen and oxygen atoms in total. The molecule has 0 unspecified atom stereocenters. The van der Waals surface area contributed by atoms with Gasteiger partial charge in [-0.2, -0.15) is 0 Å². The summed E-state index contributed by atoms with van der Waals surface area (Å²) in [6, 6.07) is 0.865. The van der Waals surface area contributed by atoms with E-state index in [1.165, 1.54) is 64.2 Å². The van der Waals surface area contributed by atoms with Gasteiger partial charge < -0.3 is 9.85 Å². The fourth-order valence-corrected chi connectivity index (χ4v) is 3.85. The zero-order valence-corrected chi connectivity index (χ0v) is 10.8. The Labute approximate surface area is 100 Å². The lowest BCUT2D eigenvalue weighted by Gasteiger charge is -2.55. The van der Waals surface area contributed by atoms with Crippen molar-refractivity contribution in [2.75, 3.05) is 6.54 Å². The molecule has 0 amide bonds. The van der Waals surface area contributed by atoms with Gasteiger partial charge in [-0.25, -0.2) is 0 Å². The Kier molecular flexibility index (Phi) is 4.26. The summed E-state index contributed by atoms with van der Waals surface area (Å²) in [6.45, 7) is 2.91. The lowest BCUT2D eigenvalue weighted by Crippen LogP contribution is -2.58. The zero-order chi connectivity index (χ0) is 11.4. The quantitative estimate of drug-likeness (QED) is 0.526. The minimum absolute atomic E-state index is 0.153. The number of rotatable bonds is 3. The van der Waals surface area contributed by atoms with E-state index in [-0.39, 0.29) is 4.65 Å². The molecule has 0 heterocycles. The van der Waals surface area contributed by atoms with Crippen molar-refractivity contribution in [1.29, 1.82) is 0 Å². The summed E-state index contributed by atoms with van der Waals surface area (Å²) < 4.78 is 0.153. The third-order valence-electron chi connectivity index (χ3n) is 4.88. The summed E-state index contributed by atoms with van der Waals surface area (Å²) in [5.74, 6) is 0. The van der Waals surface area contributed by atoms with Crippen molar-refractivity contribution < 1.29 is 4.65 Å². The van der Waals surface area contributed by atoms with Crippen LogP contribution in [0.2, 0.25) is 0 Å². The monoisotopic (exact) mass is 225 g/mol. The van der Waals surface area contributed by atoms with Crippen LogP contribution in [0.25, 0.3) is 0 Å². The standard InChI is InChI=1S/C14H27NO/c1-2-15(16,13-9-5-3-6-10-13)14-11-7-4-8-12-14/h13-14H,2-12H2,1H3. The highest BCUT2D eigenvalue weighted by molar-refractivity contribution is 4.74. The minimum Gasteiger partial charge on any atom is -0.632 e. The van der Waals surface area contributed by atoms with Gasteiger partial charge in [0.1, 0.15) is 0 Å². The Morgan fingerprint density at radius 1 is 0.812 bits per heavy atom. The average molecular weight is 225 g/mol. The Balaban J connectivity index is 2.03. The molecule has 0 aromatic heterocycles. The maximum atomic E-state index is 13.1. The van der Waals surface area contributed by atoms with Gasteiger partial charge in [0.05, 0.1) is 18.6 Å². The molecule has 2 aliphatic carbocycles. The molecule has 2 fully saturated rings. The Morgan fingerprint density at radius 3 is 1.50 bits per heavy atom. The van der Waals surface area contributed by atoms with Crippen LogP contribution in [0.1, 0.15) is 71.1 Å². The van der Waals surface area contributed by atoms with Gasteiger partial charge in [0.25, 0.3) is 0 Å². The molecule has 0 atom stereocenters. The van der Waals surface area contributed by atoms with Crippen LogP contribution in [0.15, 0.2) is 0 Å². The van der Waals surface area contributed by atoms with Crippen LogP contribution < -0.4 is 0 Å². The molecule has 0 aromatic rings. The van der Waals surface area contributed by atoms with E-state index in [0.717, 1.165) is 6.54 Å². The summed E-state index contributed by atoms with van der Waals surface area (Å²) in [7, 11) is 0. The van der Waals surface area contributed by atoms with Gasteiger partial charge in [-0.3, -0.25) is 0 Å². The van der Waals surface area contributed by atoms with E-state index in [1.807, 2.05) is 0 Å². The molecular weight excluding hydrogens is 198 g/mol. The van der Waals surface area contributed by atoms with Crippen molar-refractivity contribution in [3.05, 3.63) is 5.21 Å². The molecule has 0 radical (unpaired) electrons. The van der Waals surface area contributed by atoms with E-state index < -0.39 is 0 Å². The molecule has 0 aliphatic heterocycles. The Bertz CT molecular complexity index is 187. The molecule has 0 saturated heterocycles. The maximum Gasteiger partial charge on any atom is 0.0889 e. The van der Waals surface area contributed by atoms with Crippen molar-refractivity contribution >= 4 is 0 Å². The summed E-state index contributed by atoms with van der Waals surface area (Å²) in [5.41, 5.74) is 0. The number of hydrogen-bond acceptors (Lipinski definition) is 1. The van der Waals surface area contributed by atoms with Crippen molar-refractivity contribution in [2.24, 2.45) is 0 Å². The Morgan fingerprint density at radius 2 is 1.19 bits per heavy atom. The van der Waals surface area contributed by atoms with Crippen LogP contribution >= 0.6 is 0 Å². The highest BCUT2D eigenvalue weighted by atomic mass is 16.5. The number of hydrogen-bond donors (Lipinski definition) is 0. The number of nitrogens with zero attached hydrogens (tertiary/aromatic N) is 1. The molecule has 2 rings (SSSR count). The van der Waals surface area contributed by atoms with Crippen molar-refractivity contribution in [2.45, 2.75) is 83.2 Å². The molecule has 94 valence electrons. The largest absolute Gasteiger partial charge is 0.632 e. The second kappa shape index (κ2) is 5.50. The van der Waals surface area contributed by atoms with Crippen LogP contribution in [-0.4, -0.2) is 23.3 Å². The van der Waals surface area contributed by atoms with E-state index in [2.05, 4.69) is 6.92 Å². The third kappa shape index (κ3) is 2.43. The first-order valence-corrected chi connectivity index (χ1v) is 7.36. The fraction of sp³-hybridized carbons (Fsp3) is 1.00. The summed E-state index contributed by atoms with van der Waals surface area (Å²) in [6.07, 6.45) is 12.6. The van der Waals surface area contributed by atoms with Crippen molar-refractivity contribution in [3.8, 4) is 0 Å². The molecule has 0 bridgehead atoms. The second-order valence-electron chi connectivity index (χ2n) is 5.75. The minimum atomic E-state index is 0.153. The number of hydroxylamine groups is 3. The summed E-state index contributed by atoms with van der Waals surface area (Å²) in [4.78, 5) is 0. The fourth-order valence-electron chi connectivity index (χ4n) is 3.85. The summed E-state index contributed by atoms with van der Waals surface area (Å²) >= 11 is 0. The van der Waals surface area contributed by atoms with Crippen LogP contribution in [-0.2, 0) is 0 Å². The molecule has 2 saturated carbocycles. The SMILES string of the molecule is CC[N+]([O-])(C1CCCCC1)C1CCCCC1. The smallest absolute Gasteiger partial charge is 0.0889 e. The van der Waals surface area contributed by atoms with E-state index in [9.17, 15) is 5.21 Å². The second-order valence-corrected chi connectivity index (χ2v) is 5.75. The molecule has 0 aromatic carbocycles. The average Bonchev–Trinajstić information content (AvgIpc) is 2.40. The Hall–Kier alpha value is -0.0800. The predicted molar refractivity (Wildman–Crippen MR) is 67.9 cm³/mol. The van der Waals surface area contributed by atoms with Gasteiger partial charge in [-0.15, -0.1) is 0 Å². The van der Waals surface area contributed by atoms with Gasteiger partial charge in [0.2, 0.25) is 0 Å². The lowest BCUT2D eigenvalue weighted by molar-refractivity contribution is -0.930. The first-order chi connectivity index (χ1) is 7.77. The molecule has 2 heteroatoms. The number of quaternary nitrogens is 1. The highest BCUT2D eigenvalue weighted by Crippen LogP contribution is 2.35.